The third-order valence-electron chi connectivity index (χ3n) is 6.25. The van der Waals surface area contributed by atoms with Crippen molar-refractivity contribution >= 4 is 27.5 Å². The number of amides is 1. The number of nitrogens with zero attached hydrogens (tertiary/aromatic N) is 3. The first-order chi connectivity index (χ1) is 16.6. The van der Waals surface area contributed by atoms with Crippen molar-refractivity contribution < 1.29 is 14.3 Å². The van der Waals surface area contributed by atoms with Crippen LogP contribution in [-0.4, -0.2) is 41.1 Å². The minimum atomic E-state index is -0.202. The van der Waals surface area contributed by atoms with E-state index in [1.54, 1.807) is 14.2 Å². The van der Waals surface area contributed by atoms with E-state index in [9.17, 15) is 9.59 Å². The highest BCUT2D eigenvalue weighted by atomic mass is 32.1. The molecule has 0 saturated carbocycles. The summed E-state index contributed by atoms with van der Waals surface area (Å²) in [5.41, 5.74) is 1.75. The van der Waals surface area contributed by atoms with Crippen molar-refractivity contribution in [2.75, 3.05) is 20.8 Å². The lowest BCUT2D eigenvalue weighted by atomic mass is 10.0. The summed E-state index contributed by atoms with van der Waals surface area (Å²) in [6, 6.07) is 17.3. The number of rotatable bonds is 6. The molecule has 34 heavy (non-hydrogen) atoms. The molecule has 0 aliphatic carbocycles. The van der Waals surface area contributed by atoms with Gasteiger partial charge < -0.3 is 14.4 Å². The van der Waals surface area contributed by atoms with E-state index in [2.05, 4.69) is 4.98 Å². The molecule has 7 nitrogen and oxygen atoms in total. The largest absolute Gasteiger partial charge is 0.497 e. The predicted molar refractivity (Wildman–Crippen MR) is 133 cm³/mol. The molecule has 1 amide bonds. The number of likely N-dealkylation sites (tertiary alicyclic amines) is 1. The molecule has 2 aromatic heterocycles. The quantitative estimate of drug-likeness (QED) is 0.410. The Bertz CT molecular complexity index is 1400. The minimum Gasteiger partial charge on any atom is -0.497 e. The summed E-state index contributed by atoms with van der Waals surface area (Å²) in [6.45, 7) is 0.575. The Morgan fingerprint density at radius 3 is 2.71 bits per heavy atom. The van der Waals surface area contributed by atoms with Gasteiger partial charge in [0.1, 0.15) is 22.9 Å². The number of carbonyl (C=O) groups excluding carboxylic acids is 1. The average molecular weight is 476 g/mol. The Morgan fingerprint density at radius 1 is 1.12 bits per heavy atom. The van der Waals surface area contributed by atoms with Gasteiger partial charge in [-0.05, 0) is 42.7 Å². The van der Waals surface area contributed by atoms with E-state index >= 15 is 0 Å². The normalized spacial score (nSPS) is 15.6. The minimum absolute atomic E-state index is 0.0545. The molecule has 5 rings (SSSR count). The lowest BCUT2D eigenvalue weighted by molar-refractivity contribution is -0.132. The van der Waals surface area contributed by atoms with Crippen molar-refractivity contribution in [3.05, 3.63) is 76.8 Å². The van der Waals surface area contributed by atoms with Crippen LogP contribution in [-0.2, 0) is 11.3 Å². The van der Waals surface area contributed by atoms with Crippen LogP contribution in [0.15, 0.2) is 65.7 Å². The molecule has 174 valence electrons. The van der Waals surface area contributed by atoms with Gasteiger partial charge in [0.15, 0.2) is 0 Å². The van der Waals surface area contributed by atoms with Gasteiger partial charge >= 0.3 is 0 Å². The van der Waals surface area contributed by atoms with Crippen molar-refractivity contribution in [3.8, 4) is 21.9 Å². The maximum Gasteiger partial charge on any atom is 0.262 e. The molecule has 0 unspecified atom stereocenters. The maximum absolute atomic E-state index is 13.3. The van der Waals surface area contributed by atoms with Gasteiger partial charge in [-0.2, -0.15) is 0 Å². The molecule has 1 atom stereocenters. The van der Waals surface area contributed by atoms with Crippen LogP contribution >= 0.6 is 11.3 Å². The molecule has 0 radical (unpaired) electrons. The average Bonchev–Trinajstić information content (AvgIpc) is 3.54. The van der Waals surface area contributed by atoms with Gasteiger partial charge in [0, 0.05) is 17.0 Å². The molecule has 4 aromatic rings. The molecule has 0 spiro atoms. The van der Waals surface area contributed by atoms with Crippen LogP contribution in [0.3, 0.4) is 0 Å². The molecule has 8 heteroatoms. The van der Waals surface area contributed by atoms with Crippen molar-refractivity contribution in [3.63, 3.8) is 0 Å². The van der Waals surface area contributed by atoms with Crippen LogP contribution in [0.1, 0.15) is 24.4 Å². The lowest BCUT2D eigenvalue weighted by Gasteiger charge is -2.27. The molecular formula is C26H25N3O4S. The van der Waals surface area contributed by atoms with Crippen molar-refractivity contribution in [1.82, 2.24) is 14.5 Å². The lowest BCUT2D eigenvalue weighted by Crippen LogP contribution is -2.36. The number of ether oxygens (including phenoxy) is 2. The highest BCUT2D eigenvalue weighted by molar-refractivity contribution is 7.21. The molecule has 1 saturated heterocycles. The molecule has 0 bridgehead atoms. The first kappa shape index (κ1) is 22.2. The van der Waals surface area contributed by atoms with E-state index in [-0.39, 0.29) is 24.1 Å². The van der Waals surface area contributed by atoms with E-state index in [1.807, 2.05) is 59.5 Å². The van der Waals surface area contributed by atoms with Gasteiger partial charge in [0.2, 0.25) is 5.91 Å². The number of hydrogen-bond donors (Lipinski definition) is 0. The molecule has 1 aliphatic rings. The number of fused-ring (bicyclic) bond motifs is 1. The van der Waals surface area contributed by atoms with Crippen molar-refractivity contribution in [2.45, 2.75) is 25.4 Å². The van der Waals surface area contributed by atoms with Crippen molar-refractivity contribution in [1.29, 1.82) is 0 Å². The summed E-state index contributed by atoms with van der Waals surface area (Å²) in [4.78, 5) is 34.5. The SMILES string of the molecule is COc1ccc(OC)c([C@@H]2CCCN2C(=O)Cn2cnc3sc(-c4ccccc4)cc3c2=O)c1. The molecular weight excluding hydrogens is 450 g/mol. The number of aromatic nitrogens is 2. The summed E-state index contributed by atoms with van der Waals surface area (Å²) in [5, 5.41) is 0.534. The Balaban J connectivity index is 1.42. The molecule has 1 fully saturated rings. The Kier molecular flexibility index (Phi) is 6.06. The molecule has 3 heterocycles. The zero-order valence-electron chi connectivity index (χ0n) is 19.1. The second kappa shape index (κ2) is 9.30. The van der Waals surface area contributed by atoms with Crippen LogP contribution in [0.4, 0.5) is 0 Å². The molecule has 1 aliphatic heterocycles. The first-order valence-corrected chi connectivity index (χ1v) is 12.0. The van der Waals surface area contributed by atoms with E-state index in [0.29, 0.717) is 22.5 Å². The highest BCUT2D eigenvalue weighted by Gasteiger charge is 2.32. The first-order valence-electron chi connectivity index (χ1n) is 11.1. The van der Waals surface area contributed by atoms with Crippen LogP contribution in [0, 0.1) is 0 Å². The van der Waals surface area contributed by atoms with Gasteiger partial charge in [0.25, 0.3) is 5.56 Å². The van der Waals surface area contributed by atoms with Crippen LogP contribution < -0.4 is 15.0 Å². The van der Waals surface area contributed by atoms with Crippen LogP contribution in [0.5, 0.6) is 11.5 Å². The number of thiophene rings is 1. The zero-order chi connectivity index (χ0) is 23.7. The van der Waals surface area contributed by atoms with E-state index in [1.165, 1.54) is 22.2 Å². The molecule has 0 N–H and O–H groups in total. The fourth-order valence-electron chi connectivity index (χ4n) is 4.54. The Labute approximate surface area is 201 Å². The molecule has 2 aromatic carbocycles. The van der Waals surface area contributed by atoms with Gasteiger partial charge in [-0.25, -0.2) is 4.98 Å². The fourth-order valence-corrected chi connectivity index (χ4v) is 5.54. The zero-order valence-corrected chi connectivity index (χ0v) is 19.9. The number of hydrogen-bond acceptors (Lipinski definition) is 6. The van der Waals surface area contributed by atoms with Gasteiger partial charge in [-0.3, -0.25) is 14.2 Å². The summed E-state index contributed by atoms with van der Waals surface area (Å²) < 4.78 is 12.3. The van der Waals surface area contributed by atoms with Gasteiger partial charge in [-0.1, -0.05) is 30.3 Å². The summed E-state index contributed by atoms with van der Waals surface area (Å²) in [6.07, 6.45) is 3.19. The summed E-state index contributed by atoms with van der Waals surface area (Å²) in [5.74, 6) is 1.32. The van der Waals surface area contributed by atoms with Gasteiger partial charge in [0.05, 0.1) is 32.0 Å². The number of benzene rings is 2. The van der Waals surface area contributed by atoms with Crippen LogP contribution in [0.25, 0.3) is 20.7 Å². The topological polar surface area (TPSA) is 73.7 Å². The third-order valence-corrected chi connectivity index (χ3v) is 7.34. The highest BCUT2D eigenvalue weighted by Crippen LogP contribution is 2.39. The predicted octanol–water partition coefficient (Wildman–Crippen LogP) is 4.51. The maximum atomic E-state index is 13.3. The second-order valence-electron chi connectivity index (χ2n) is 8.23. The smallest absolute Gasteiger partial charge is 0.262 e. The fraction of sp³-hybridized carbons (Fsp3) is 0.269. The van der Waals surface area contributed by atoms with Crippen LogP contribution in [0.2, 0.25) is 0 Å². The Morgan fingerprint density at radius 2 is 1.94 bits per heavy atom. The summed E-state index contributed by atoms with van der Waals surface area (Å²) >= 11 is 1.48. The number of carbonyl (C=O) groups is 1. The second-order valence-corrected chi connectivity index (χ2v) is 9.26. The summed E-state index contributed by atoms with van der Waals surface area (Å²) in [7, 11) is 3.24. The monoisotopic (exact) mass is 475 g/mol. The van der Waals surface area contributed by atoms with E-state index < -0.39 is 0 Å². The Hall–Kier alpha value is -3.65. The van der Waals surface area contributed by atoms with E-state index in [0.717, 1.165) is 34.6 Å². The van der Waals surface area contributed by atoms with Crippen molar-refractivity contribution in [2.24, 2.45) is 0 Å². The van der Waals surface area contributed by atoms with Gasteiger partial charge in [-0.15, -0.1) is 11.3 Å². The third kappa shape index (κ3) is 4.05. The number of methoxy groups -OCH3 is 2. The van der Waals surface area contributed by atoms with E-state index in [4.69, 9.17) is 9.47 Å². The standard InChI is InChI=1S/C26H25N3O4S/c1-32-18-10-11-22(33-2)19(13-18)21-9-6-12-29(21)24(30)15-28-16-27-25-20(26(28)31)14-23(34-25)17-7-4-3-5-8-17/h3-5,7-8,10-11,13-14,16,21H,6,9,12,15H2,1-2H3/t21-/m0/s1.